The van der Waals surface area contributed by atoms with E-state index in [1.807, 2.05) is 36.8 Å². The van der Waals surface area contributed by atoms with Crippen molar-refractivity contribution in [1.29, 1.82) is 0 Å². The SMILES string of the molecule is CCCOC1=CC=CC(Cc2ccc(F)cc2)=C[CH]1. The molecular formula is C17H18FO. The van der Waals surface area contributed by atoms with Crippen LogP contribution in [0, 0.1) is 12.2 Å². The Hall–Kier alpha value is -1.83. The molecule has 0 saturated heterocycles. The first-order valence-corrected chi connectivity index (χ1v) is 6.57. The number of benzene rings is 1. The van der Waals surface area contributed by atoms with Crippen LogP contribution in [-0.2, 0) is 11.2 Å². The molecule has 1 nitrogen and oxygen atoms in total. The summed E-state index contributed by atoms with van der Waals surface area (Å²) < 4.78 is 18.4. The Balaban J connectivity index is 1.96. The molecule has 2 heteroatoms. The summed E-state index contributed by atoms with van der Waals surface area (Å²) in [5.41, 5.74) is 2.28. The number of allylic oxidation sites excluding steroid dienone is 5. The van der Waals surface area contributed by atoms with E-state index in [1.165, 1.54) is 17.7 Å². The van der Waals surface area contributed by atoms with Crippen molar-refractivity contribution >= 4 is 0 Å². The third kappa shape index (κ3) is 4.40. The molecule has 0 aliphatic heterocycles. The van der Waals surface area contributed by atoms with Crippen LogP contribution in [0.2, 0.25) is 0 Å². The van der Waals surface area contributed by atoms with Gasteiger partial charge in [-0.15, -0.1) is 0 Å². The molecule has 0 N–H and O–H groups in total. The van der Waals surface area contributed by atoms with Gasteiger partial charge in [0, 0.05) is 6.42 Å². The molecule has 99 valence electrons. The number of ether oxygens (including phenoxy) is 1. The van der Waals surface area contributed by atoms with Crippen LogP contribution in [0.1, 0.15) is 18.9 Å². The van der Waals surface area contributed by atoms with E-state index in [2.05, 4.69) is 13.0 Å². The molecule has 0 heterocycles. The van der Waals surface area contributed by atoms with Gasteiger partial charge >= 0.3 is 0 Å². The fourth-order valence-electron chi connectivity index (χ4n) is 1.84. The van der Waals surface area contributed by atoms with Crippen molar-refractivity contribution in [2.75, 3.05) is 6.61 Å². The van der Waals surface area contributed by atoms with Crippen LogP contribution in [0.15, 0.2) is 59.9 Å². The summed E-state index contributed by atoms with van der Waals surface area (Å²) in [6, 6.07) is 6.62. The molecule has 0 saturated carbocycles. The summed E-state index contributed by atoms with van der Waals surface area (Å²) >= 11 is 0. The zero-order valence-electron chi connectivity index (χ0n) is 11.1. The quantitative estimate of drug-likeness (QED) is 0.760. The number of halogens is 1. The lowest BCUT2D eigenvalue weighted by Crippen LogP contribution is -1.93. The zero-order valence-corrected chi connectivity index (χ0v) is 11.1. The fraction of sp³-hybridized carbons (Fsp3) is 0.235. The Morgan fingerprint density at radius 3 is 2.63 bits per heavy atom. The minimum atomic E-state index is -0.197. The average molecular weight is 257 g/mol. The second kappa shape index (κ2) is 6.93. The van der Waals surface area contributed by atoms with Crippen molar-refractivity contribution in [1.82, 2.24) is 0 Å². The van der Waals surface area contributed by atoms with Gasteiger partial charge in [-0.05, 0) is 42.2 Å². The first kappa shape index (κ1) is 13.6. The predicted octanol–water partition coefficient (Wildman–Crippen LogP) is 4.38. The van der Waals surface area contributed by atoms with E-state index < -0.39 is 0 Å². The van der Waals surface area contributed by atoms with Crippen molar-refractivity contribution in [2.24, 2.45) is 0 Å². The standard InChI is InChI=1S/C17H18FO/c1-2-12-19-17-5-3-4-14(8-11-17)13-15-6-9-16(18)10-7-15/h3-11H,2,12-13H2,1H3. The van der Waals surface area contributed by atoms with Crippen LogP contribution in [0.5, 0.6) is 0 Å². The largest absolute Gasteiger partial charge is 0.497 e. The molecule has 0 unspecified atom stereocenters. The Morgan fingerprint density at radius 2 is 1.89 bits per heavy atom. The van der Waals surface area contributed by atoms with Gasteiger partial charge in [0.1, 0.15) is 11.6 Å². The van der Waals surface area contributed by atoms with Crippen molar-refractivity contribution in [3.05, 3.63) is 77.7 Å². The van der Waals surface area contributed by atoms with E-state index in [-0.39, 0.29) is 5.82 Å². The molecule has 1 aliphatic rings. The minimum Gasteiger partial charge on any atom is -0.497 e. The third-order valence-corrected chi connectivity index (χ3v) is 2.83. The molecule has 0 bridgehead atoms. The molecule has 1 aromatic rings. The van der Waals surface area contributed by atoms with Gasteiger partial charge in [0.25, 0.3) is 0 Å². The van der Waals surface area contributed by atoms with E-state index >= 15 is 0 Å². The van der Waals surface area contributed by atoms with Gasteiger partial charge in [0.05, 0.1) is 6.61 Å². The summed E-state index contributed by atoms with van der Waals surface area (Å²) in [4.78, 5) is 0. The highest BCUT2D eigenvalue weighted by molar-refractivity contribution is 5.37. The second-order valence-electron chi connectivity index (χ2n) is 4.49. The molecule has 0 atom stereocenters. The molecule has 0 aromatic heterocycles. The second-order valence-corrected chi connectivity index (χ2v) is 4.49. The molecule has 19 heavy (non-hydrogen) atoms. The normalized spacial score (nSPS) is 14.6. The van der Waals surface area contributed by atoms with Crippen molar-refractivity contribution in [3.8, 4) is 0 Å². The van der Waals surface area contributed by atoms with Gasteiger partial charge in [0.15, 0.2) is 0 Å². The van der Waals surface area contributed by atoms with Crippen molar-refractivity contribution < 1.29 is 9.13 Å². The molecular weight excluding hydrogens is 239 g/mol. The lowest BCUT2D eigenvalue weighted by molar-refractivity contribution is 0.221. The highest BCUT2D eigenvalue weighted by Gasteiger charge is 2.03. The molecule has 1 radical (unpaired) electrons. The maximum absolute atomic E-state index is 12.8. The lowest BCUT2D eigenvalue weighted by Gasteiger charge is -2.06. The third-order valence-electron chi connectivity index (χ3n) is 2.83. The summed E-state index contributed by atoms with van der Waals surface area (Å²) in [6.45, 7) is 2.82. The van der Waals surface area contributed by atoms with Gasteiger partial charge in [-0.1, -0.05) is 37.3 Å². The maximum atomic E-state index is 12.8. The first-order chi connectivity index (χ1) is 9.28. The molecule has 2 rings (SSSR count). The van der Waals surface area contributed by atoms with Gasteiger partial charge in [0.2, 0.25) is 0 Å². The van der Waals surface area contributed by atoms with Crippen LogP contribution in [0.25, 0.3) is 0 Å². The fourth-order valence-corrected chi connectivity index (χ4v) is 1.84. The molecule has 0 spiro atoms. The van der Waals surface area contributed by atoms with E-state index in [9.17, 15) is 4.39 Å². The van der Waals surface area contributed by atoms with Crippen LogP contribution in [0.4, 0.5) is 4.39 Å². The van der Waals surface area contributed by atoms with Gasteiger partial charge < -0.3 is 4.74 Å². The highest BCUT2D eigenvalue weighted by Crippen LogP contribution is 2.16. The minimum absolute atomic E-state index is 0.197. The van der Waals surface area contributed by atoms with Crippen molar-refractivity contribution in [2.45, 2.75) is 19.8 Å². The summed E-state index contributed by atoms with van der Waals surface area (Å²) in [6.07, 6.45) is 11.8. The molecule has 1 aliphatic carbocycles. The van der Waals surface area contributed by atoms with Gasteiger partial charge in [-0.25, -0.2) is 4.39 Å². The Labute approximate surface area is 114 Å². The average Bonchev–Trinajstić information content (AvgIpc) is 2.64. The number of rotatable bonds is 5. The van der Waals surface area contributed by atoms with E-state index in [0.717, 1.165) is 30.8 Å². The lowest BCUT2D eigenvalue weighted by atomic mass is 10.0. The summed E-state index contributed by atoms with van der Waals surface area (Å²) in [5, 5.41) is 0. The zero-order chi connectivity index (χ0) is 13.5. The topological polar surface area (TPSA) is 9.23 Å². The van der Waals surface area contributed by atoms with E-state index in [1.54, 1.807) is 0 Å². The summed E-state index contributed by atoms with van der Waals surface area (Å²) in [5.74, 6) is 0.685. The van der Waals surface area contributed by atoms with Crippen LogP contribution < -0.4 is 0 Å². The van der Waals surface area contributed by atoms with Gasteiger partial charge in [-0.3, -0.25) is 0 Å². The van der Waals surface area contributed by atoms with Crippen LogP contribution in [-0.4, -0.2) is 6.61 Å². The first-order valence-electron chi connectivity index (χ1n) is 6.57. The molecule has 0 fully saturated rings. The highest BCUT2D eigenvalue weighted by atomic mass is 19.1. The van der Waals surface area contributed by atoms with E-state index in [0.29, 0.717) is 0 Å². The number of hydrogen-bond acceptors (Lipinski definition) is 1. The maximum Gasteiger partial charge on any atom is 0.123 e. The van der Waals surface area contributed by atoms with Crippen LogP contribution >= 0.6 is 0 Å². The summed E-state index contributed by atoms with van der Waals surface area (Å²) in [7, 11) is 0. The van der Waals surface area contributed by atoms with E-state index in [4.69, 9.17) is 4.74 Å². The van der Waals surface area contributed by atoms with Gasteiger partial charge in [-0.2, -0.15) is 0 Å². The molecule has 0 amide bonds. The Morgan fingerprint density at radius 1 is 1.11 bits per heavy atom. The number of hydrogen-bond donors (Lipinski definition) is 0. The predicted molar refractivity (Wildman–Crippen MR) is 76.0 cm³/mol. The monoisotopic (exact) mass is 257 g/mol. The van der Waals surface area contributed by atoms with Crippen molar-refractivity contribution in [3.63, 3.8) is 0 Å². The van der Waals surface area contributed by atoms with Crippen LogP contribution in [0.3, 0.4) is 0 Å². The molecule has 1 aromatic carbocycles. The Bertz CT molecular complexity index is 494. The smallest absolute Gasteiger partial charge is 0.123 e. The Kier molecular flexibility index (Phi) is 4.96.